The Morgan fingerprint density at radius 1 is 0.970 bits per heavy atom. The number of rotatable bonds is 7. The van der Waals surface area contributed by atoms with Gasteiger partial charge in [0.25, 0.3) is 5.89 Å². The number of pyridine rings is 1. The predicted octanol–water partition coefficient (Wildman–Crippen LogP) is 2.74. The van der Waals surface area contributed by atoms with Crippen LogP contribution in [-0.2, 0) is 16.4 Å². The van der Waals surface area contributed by atoms with Crippen molar-refractivity contribution < 1.29 is 12.8 Å². The number of aromatic nitrogens is 5. The van der Waals surface area contributed by atoms with Gasteiger partial charge in [0.15, 0.2) is 21.3 Å². The Kier molecular flexibility index (Phi) is 6.16. The lowest BCUT2D eigenvalue weighted by atomic mass is 10.1. The summed E-state index contributed by atoms with van der Waals surface area (Å²) in [5.41, 5.74) is 8.95. The quantitative estimate of drug-likeness (QED) is 0.417. The molecule has 0 fully saturated rings. The van der Waals surface area contributed by atoms with Crippen LogP contribution < -0.4 is 11.1 Å². The van der Waals surface area contributed by atoms with Crippen molar-refractivity contribution >= 4 is 15.7 Å². The number of nitrogens with one attached hydrogen (secondary N) is 1. The molecule has 1 aromatic carbocycles. The summed E-state index contributed by atoms with van der Waals surface area (Å²) < 4.78 is 30.4. The number of sulfone groups is 1. The van der Waals surface area contributed by atoms with Gasteiger partial charge in [0.2, 0.25) is 5.89 Å². The van der Waals surface area contributed by atoms with E-state index in [0.717, 1.165) is 17.7 Å². The number of anilines is 1. The Morgan fingerprint density at radius 3 is 2.33 bits per heavy atom. The van der Waals surface area contributed by atoms with Gasteiger partial charge < -0.3 is 15.5 Å². The Morgan fingerprint density at radius 2 is 1.70 bits per heavy atom. The molecule has 0 atom stereocenters. The summed E-state index contributed by atoms with van der Waals surface area (Å²) >= 11 is 0. The van der Waals surface area contributed by atoms with Crippen LogP contribution in [0.2, 0.25) is 0 Å². The molecule has 4 rings (SSSR count). The van der Waals surface area contributed by atoms with Crippen LogP contribution >= 0.6 is 0 Å². The first-order chi connectivity index (χ1) is 15.8. The maximum absolute atomic E-state index is 12.3. The number of hydrogen-bond donors (Lipinski definition) is 2. The molecule has 3 aromatic heterocycles. The van der Waals surface area contributed by atoms with E-state index in [9.17, 15) is 8.42 Å². The summed E-state index contributed by atoms with van der Waals surface area (Å²) in [6.45, 7) is 4.00. The van der Waals surface area contributed by atoms with Crippen molar-refractivity contribution in [1.29, 1.82) is 0 Å². The monoisotopic (exact) mass is 465 g/mol. The molecule has 0 saturated carbocycles. The zero-order chi connectivity index (χ0) is 23.6. The van der Waals surface area contributed by atoms with Crippen molar-refractivity contribution in [2.75, 3.05) is 12.8 Å². The van der Waals surface area contributed by atoms with Crippen LogP contribution in [0.3, 0.4) is 0 Å². The molecule has 0 spiro atoms. The number of nitrogens with zero attached hydrogens (tertiary/aromatic N) is 5. The van der Waals surface area contributed by atoms with Crippen LogP contribution in [-0.4, -0.2) is 45.9 Å². The zero-order valence-corrected chi connectivity index (χ0v) is 19.2. The molecule has 0 bridgehead atoms. The molecular formula is C22H23N7O3S. The highest BCUT2D eigenvalue weighted by Crippen LogP contribution is 2.28. The maximum Gasteiger partial charge on any atom is 0.270 e. The van der Waals surface area contributed by atoms with E-state index in [0.29, 0.717) is 17.3 Å². The van der Waals surface area contributed by atoms with Crippen molar-refractivity contribution in [3.05, 3.63) is 54.4 Å². The molecule has 10 nitrogen and oxygen atoms in total. The molecule has 0 unspecified atom stereocenters. The van der Waals surface area contributed by atoms with Gasteiger partial charge in [0.1, 0.15) is 5.69 Å². The minimum atomic E-state index is -3.42. The Bertz CT molecular complexity index is 1370. The van der Waals surface area contributed by atoms with E-state index in [-0.39, 0.29) is 22.3 Å². The van der Waals surface area contributed by atoms with Gasteiger partial charge in [-0.2, -0.15) is 0 Å². The van der Waals surface area contributed by atoms with Gasteiger partial charge in [-0.1, -0.05) is 12.1 Å². The van der Waals surface area contributed by atoms with E-state index in [2.05, 4.69) is 30.5 Å². The molecule has 3 heterocycles. The molecule has 0 aliphatic rings. The van der Waals surface area contributed by atoms with Crippen molar-refractivity contribution in [2.45, 2.75) is 30.5 Å². The molecule has 0 amide bonds. The Balaban J connectivity index is 1.63. The van der Waals surface area contributed by atoms with Crippen LogP contribution in [0, 0.1) is 0 Å². The van der Waals surface area contributed by atoms with E-state index in [1.54, 1.807) is 19.9 Å². The summed E-state index contributed by atoms with van der Waals surface area (Å²) in [5, 5.41) is 10.7. The first-order valence-corrected chi connectivity index (χ1v) is 11.7. The second kappa shape index (κ2) is 9.04. The number of hydrogen-bond acceptors (Lipinski definition) is 10. The van der Waals surface area contributed by atoms with Gasteiger partial charge in [-0.25, -0.2) is 18.4 Å². The number of nitrogens with two attached hydrogens (primary N) is 1. The first kappa shape index (κ1) is 22.5. The van der Waals surface area contributed by atoms with Crippen LogP contribution in [0.25, 0.3) is 34.4 Å². The summed E-state index contributed by atoms with van der Waals surface area (Å²) in [5.74, 6) is 0.571. The highest BCUT2D eigenvalue weighted by molar-refractivity contribution is 7.92. The van der Waals surface area contributed by atoms with E-state index >= 15 is 0 Å². The standard InChI is InChI=1S/C22H23N7O3S/c1-13(2)33(30,31)16-8-9-17(25-11-16)18-12-26-20(23)19(27-18)22-29-28-21(32-22)15-6-4-14(5-7-15)10-24-3/h4-9,11-13,24H,10H2,1-3H3,(H2,23,26). The van der Waals surface area contributed by atoms with Crippen LogP contribution in [0.5, 0.6) is 0 Å². The third kappa shape index (κ3) is 4.59. The van der Waals surface area contributed by atoms with Crippen molar-refractivity contribution in [2.24, 2.45) is 0 Å². The van der Waals surface area contributed by atoms with Gasteiger partial charge in [-0.3, -0.25) is 4.98 Å². The Labute approximate surface area is 191 Å². The lowest BCUT2D eigenvalue weighted by Crippen LogP contribution is -2.14. The molecular weight excluding hydrogens is 442 g/mol. The van der Waals surface area contributed by atoms with Gasteiger partial charge in [-0.15, -0.1) is 10.2 Å². The average Bonchev–Trinajstić information content (AvgIpc) is 3.30. The lowest BCUT2D eigenvalue weighted by molar-refractivity contribution is 0.582. The van der Waals surface area contributed by atoms with Crippen LogP contribution in [0.1, 0.15) is 19.4 Å². The van der Waals surface area contributed by atoms with Crippen molar-refractivity contribution in [3.8, 4) is 34.4 Å². The fourth-order valence-corrected chi connectivity index (χ4v) is 4.06. The summed E-state index contributed by atoms with van der Waals surface area (Å²) in [7, 11) is -1.53. The van der Waals surface area contributed by atoms with E-state index in [4.69, 9.17) is 10.2 Å². The molecule has 170 valence electrons. The molecule has 0 saturated heterocycles. The van der Waals surface area contributed by atoms with Crippen LogP contribution in [0.15, 0.2) is 58.1 Å². The minimum absolute atomic E-state index is 0.121. The summed E-state index contributed by atoms with van der Waals surface area (Å²) in [6.07, 6.45) is 2.76. The molecule has 3 N–H and O–H groups in total. The smallest absolute Gasteiger partial charge is 0.270 e. The fourth-order valence-electron chi connectivity index (χ4n) is 3.06. The van der Waals surface area contributed by atoms with E-state index < -0.39 is 15.1 Å². The summed E-state index contributed by atoms with van der Waals surface area (Å²) in [6, 6.07) is 10.8. The minimum Gasteiger partial charge on any atom is -0.414 e. The Hall–Kier alpha value is -3.70. The number of benzene rings is 1. The van der Waals surface area contributed by atoms with Gasteiger partial charge in [0, 0.05) is 18.3 Å². The third-order valence-electron chi connectivity index (χ3n) is 4.96. The zero-order valence-electron chi connectivity index (χ0n) is 18.3. The second-order valence-corrected chi connectivity index (χ2v) is 10.1. The molecule has 0 radical (unpaired) electrons. The largest absolute Gasteiger partial charge is 0.414 e. The average molecular weight is 466 g/mol. The molecule has 0 aliphatic carbocycles. The number of nitrogen functional groups attached to an aromatic ring is 1. The van der Waals surface area contributed by atoms with Gasteiger partial charge in [0.05, 0.1) is 22.0 Å². The molecule has 11 heteroatoms. The SMILES string of the molecule is CNCc1ccc(-c2nnc(-c3nc(-c4ccc(S(=O)(=O)C(C)C)cn4)cnc3N)o2)cc1. The van der Waals surface area contributed by atoms with Gasteiger partial charge >= 0.3 is 0 Å². The second-order valence-electron chi connectivity index (χ2n) is 7.60. The topological polar surface area (TPSA) is 150 Å². The maximum atomic E-state index is 12.3. The van der Waals surface area contributed by atoms with Crippen molar-refractivity contribution in [1.82, 2.24) is 30.5 Å². The van der Waals surface area contributed by atoms with Gasteiger partial charge in [-0.05, 0) is 50.7 Å². The van der Waals surface area contributed by atoms with E-state index in [1.165, 1.54) is 18.5 Å². The van der Waals surface area contributed by atoms with E-state index in [1.807, 2.05) is 31.3 Å². The molecule has 4 aromatic rings. The highest BCUT2D eigenvalue weighted by Gasteiger charge is 2.21. The normalized spacial score (nSPS) is 11.8. The first-order valence-electron chi connectivity index (χ1n) is 10.2. The lowest BCUT2D eigenvalue weighted by Gasteiger charge is -2.08. The van der Waals surface area contributed by atoms with Crippen molar-refractivity contribution in [3.63, 3.8) is 0 Å². The summed E-state index contributed by atoms with van der Waals surface area (Å²) in [4.78, 5) is 13.0. The highest BCUT2D eigenvalue weighted by atomic mass is 32.2. The predicted molar refractivity (Wildman–Crippen MR) is 123 cm³/mol. The third-order valence-corrected chi connectivity index (χ3v) is 7.10. The fraction of sp³-hybridized carbons (Fsp3) is 0.227. The van der Waals surface area contributed by atoms with Crippen LogP contribution in [0.4, 0.5) is 5.82 Å². The molecule has 33 heavy (non-hydrogen) atoms. The molecule has 0 aliphatic heterocycles.